The lowest BCUT2D eigenvalue weighted by Gasteiger charge is -2.07. The van der Waals surface area contributed by atoms with Crippen molar-refractivity contribution in [3.63, 3.8) is 0 Å². The van der Waals surface area contributed by atoms with Crippen LogP contribution in [-0.4, -0.2) is 30.3 Å². The Balaban J connectivity index is 2.00. The van der Waals surface area contributed by atoms with E-state index in [0.29, 0.717) is 23.1 Å². The summed E-state index contributed by atoms with van der Waals surface area (Å²) in [6.07, 6.45) is 3.91. The summed E-state index contributed by atoms with van der Waals surface area (Å²) in [7, 11) is -3.87. The Labute approximate surface area is 158 Å². The molecular formula is C17H23N3O4S2. The van der Waals surface area contributed by atoms with E-state index in [0.717, 1.165) is 25.0 Å². The van der Waals surface area contributed by atoms with Crippen LogP contribution in [0.5, 0.6) is 0 Å². The van der Waals surface area contributed by atoms with E-state index in [1.165, 1.54) is 23.9 Å². The van der Waals surface area contributed by atoms with E-state index < -0.39 is 15.9 Å². The third kappa shape index (κ3) is 5.84. The van der Waals surface area contributed by atoms with Gasteiger partial charge in [-0.2, -0.15) is 0 Å². The van der Waals surface area contributed by atoms with Gasteiger partial charge in [-0.25, -0.2) is 13.1 Å². The van der Waals surface area contributed by atoms with Crippen LogP contribution < -0.4 is 4.72 Å². The molecule has 0 atom stereocenters. The zero-order valence-corrected chi connectivity index (χ0v) is 16.5. The molecule has 1 aromatic carbocycles. The lowest BCUT2D eigenvalue weighted by atomic mass is 10.1. The minimum atomic E-state index is -3.87. The molecule has 7 nitrogen and oxygen atoms in total. The third-order valence-electron chi connectivity index (χ3n) is 3.59. The van der Waals surface area contributed by atoms with Gasteiger partial charge >= 0.3 is 0 Å². The van der Waals surface area contributed by atoms with Gasteiger partial charge < -0.3 is 4.42 Å². The van der Waals surface area contributed by atoms with Gasteiger partial charge in [-0.1, -0.05) is 44.9 Å². The summed E-state index contributed by atoms with van der Waals surface area (Å²) < 4.78 is 32.2. The SMILES string of the molecule is CCCCCCC(=O)NS(=O)(=O)c1ccc(-c2nnc(SCC)o2)cc1. The summed E-state index contributed by atoms with van der Waals surface area (Å²) in [5, 5.41) is 8.31. The first-order valence-corrected chi connectivity index (χ1v) is 11.1. The number of hydrogen-bond donors (Lipinski definition) is 1. The molecule has 0 saturated carbocycles. The van der Waals surface area contributed by atoms with Crippen molar-refractivity contribution in [1.82, 2.24) is 14.9 Å². The number of hydrogen-bond acceptors (Lipinski definition) is 7. The molecule has 0 aliphatic rings. The smallest absolute Gasteiger partial charge is 0.276 e. The lowest BCUT2D eigenvalue weighted by Crippen LogP contribution is -2.30. The Hall–Kier alpha value is -1.87. The number of rotatable bonds is 10. The van der Waals surface area contributed by atoms with Gasteiger partial charge in [0.15, 0.2) is 0 Å². The van der Waals surface area contributed by atoms with Crippen molar-refractivity contribution < 1.29 is 17.6 Å². The second kappa shape index (κ2) is 9.72. The van der Waals surface area contributed by atoms with Gasteiger partial charge in [-0.15, -0.1) is 10.2 Å². The highest BCUT2D eigenvalue weighted by Gasteiger charge is 2.18. The van der Waals surface area contributed by atoms with E-state index in [2.05, 4.69) is 21.8 Å². The van der Waals surface area contributed by atoms with Crippen LogP contribution in [0.3, 0.4) is 0 Å². The monoisotopic (exact) mass is 397 g/mol. The van der Waals surface area contributed by atoms with Gasteiger partial charge in [-0.3, -0.25) is 4.79 Å². The maximum atomic E-state index is 12.3. The average Bonchev–Trinajstić information content (AvgIpc) is 3.07. The van der Waals surface area contributed by atoms with E-state index in [4.69, 9.17) is 4.42 Å². The predicted molar refractivity (Wildman–Crippen MR) is 100 cm³/mol. The highest BCUT2D eigenvalue weighted by Crippen LogP contribution is 2.24. The molecule has 26 heavy (non-hydrogen) atoms. The number of nitrogens with one attached hydrogen (secondary N) is 1. The summed E-state index contributed by atoms with van der Waals surface area (Å²) in [6.45, 7) is 4.05. The minimum absolute atomic E-state index is 0.0193. The van der Waals surface area contributed by atoms with Gasteiger partial charge in [0.2, 0.25) is 11.8 Å². The molecule has 0 radical (unpaired) electrons. The van der Waals surface area contributed by atoms with Crippen LogP contribution in [0.2, 0.25) is 0 Å². The number of nitrogens with zero attached hydrogens (tertiary/aromatic N) is 2. The molecule has 1 N–H and O–H groups in total. The van der Waals surface area contributed by atoms with E-state index in [9.17, 15) is 13.2 Å². The van der Waals surface area contributed by atoms with Crippen LogP contribution in [0.25, 0.3) is 11.5 Å². The number of thioether (sulfide) groups is 1. The second-order valence-electron chi connectivity index (χ2n) is 5.67. The van der Waals surface area contributed by atoms with Crippen molar-refractivity contribution in [3.8, 4) is 11.5 Å². The zero-order chi connectivity index (χ0) is 19.0. The van der Waals surface area contributed by atoms with Crippen molar-refractivity contribution in [3.05, 3.63) is 24.3 Å². The molecule has 1 amide bonds. The first-order chi connectivity index (χ1) is 12.5. The van der Waals surface area contributed by atoms with Crippen LogP contribution in [0, 0.1) is 0 Å². The third-order valence-corrected chi connectivity index (χ3v) is 5.68. The Kier molecular flexibility index (Phi) is 7.65. The molecular weight excluding hydrogens is 374 g/mol. The van der Waals surface area contributed by atoms with E-state index in [1.807, 2.05) is 6.92 Å². The quantitative estimate of drug-likeness (QED) is 0.482. The van der Waals surface area contributed by atoms with Crippen LogP contribution in [0.15, 0.2) is 38.8 Å². The van der Waals surface area contributed by atoms with Gasteiger partial charge in [0.1, 0.15) is 0 Å². The summed E-state index contributed by atoms with van der Waals surface area (Å²) in [4.78, 5) is 11.8. The summed E-state index contributed by atoms with van der Waals surface area (Å²) >= 11 is 1.43. The zero-order valence-electron chi connectivity index (χ0n) is 14.9. The maximum absolute atomic E-state index is 12.3. The van der Waals surface area contributed by atoms with E-state index >= 15 is 0 Å². The predicted octanol–water partition coefficient (Wildman–Crippen LogP) is 3.62. The van der Waals surface area contributed by atoms with Crippen LogP contribution in [0.4, 0.5) is 0 Å². The molecule has 2 aromatic rings. The topological polar surface area (TPSA) is 102 Å². The van der Waals surface area contributed by atoms with Gasteiger partial charge in [0.05, 0.1) is 4.90 Å². The van der Waals surface area contributed by atoms with Gasteiger partial charge in [0.25, 0.3) is 15.2 Å². The molecule has 0 bridgehead atoms. The van der Waals surface area contributed by atoms with Crippen molar-refractivity contribution in [2.45, 2.75) is 56.1 Å². The Morgan fingerprint density at radius 3 is 2.50 bits per heavy atom. The van der Waals surface area contributed by atoms with Crippen molar-refractivity contribution >= 4 is 27.7 Å². The second-order valence-corrected chi connectivity index (χ2v) is 8.57. The maximum Gasteiger partial charge on any atom is 0.276 e. The highest BCUT2D eigenvalue weighted by molar-refractivity contribution is 7.99. The number of sulfonamides is 1. The van der Waals surface area contributed by atoms with E-state index in [-0.39, 0.29) is 11.3 Å². The molecule has 9 heteroatoms. The first-order valence-electron chi connectivity index (χ1n) is 8.58. The Bertz CT molecular complexity index is 817. The molecule has 2 rings (SSSR count). The van der Waals surface area contributed by atoms with Gasteiger partial charge in [-0.05, 0) is 36.4 Å². The fourth-order valence-corrected chi connectivity index (χ4v) is 3.75. The fourth-order valence-electron chi connectivity index (χ4n) is 2.26. The largest absolute Gasteiger partial charge is 0.411 e. The molecule has 1 heterocycles. The number of carbonyl (C=O) groups is 1. The van der Waals surface area contributed by atoms with Crippen molar-refractivity contribution in [2.24, 2.45) is 0 Å². The van der Waals surface area contributed by atoms with Crippen molar-refractivity contribution in [2.75, 3.05) is 5.75 Å². The van der Waals surface area contributed by atoms with Crippen LogP contribution >= 0.6 is 11.8 Å². The lowest BCUT2D eigenvalue weighted by molar-refractivity contribution is -0.119. The van der Waals surface area contributed by atoms with Crippen LogP contribution in [0.1, 0.15) is 46.0 Å². The molecule has 142 valence electrons. The summed E-state index contributed by atoms with van der Waals surface area (Å²) in [6, 6.07) is 5.99. The molecule has 0 aliphatic heterocycles. The minimum Gasteiger partial charge on any atom is -0.411 e. The number of amides is 1. The Morgan fingerprint density at radius 2 is 1.85 bits per heavy atom. The highest BCUT2D eigenvalue weighted by atomic mass is 32.2. The molecule has 0 aliphatic carbocycles. The number of aromatic nitrogens is 2. The van der Waals surface area contributed by atoms with E-state index in [1.54, 1.807) is 12.1 Å². The molecule has 0 saturated heterocycles. The molecule has 1 aromatic heterocycles. The Morgan fingerprint density at radius 1 is 1.12 bits per heavy atom. The molecule has 0 unspecified atom stereocenters. The van der Waals surface area contributed by atoms with Gasteiger partial charge in [0, 0.05) is 12.0 Å². The standard InChI is InChI=1S/C17H23N3O4S2/c1-3-5-6-7-8-15(21)20-26(22,23)14-11-9-13(10-12-14)16-18-19-17(24-16)25-4-2/h9-12H,3-8H2,1-2H3,(H,20,21). The summed E-state index contributed by atoms with van der Waals surface area (Å²) in [5.41, 5.74) is 0.616. The first kappa shape index (κ1) is 20.4. The number of carbonyl (C=O) groups excluding carboxylic acids is 1. The molecule has 0 fully saturated rings. The molecule has 0 spiro atoms. The van der Waals surface area contributed by atoms with Crippen molar-refractivity contribution in [1.29, 1.82) is 0 Å². The van der Waals surface area contributed by atoms with Crippen LogP contribution in [-0.2, 0) is 14.8 Å². The number of unbranched alkanes of at least 4 members (excludes halogenated alkanes) is 3. The average molecular weight is 398 g/mol. The normalized spacial score (nSPS) is 11.5. The number of benzene rings is 1. The summed E-state index contributed by atoms with van der Waals surface area (Å²) in [5.74, 6) is 0.657. The fraction of sp³-hybridized carbons (Fsp3) is 0.471.